The number of allylic oxidation sites excluding steroid dienone is 10. The van der Waals surface area contributed by atoms with E-state index in [1.54, 1.807) is 21.1 Å². The minimum absolute atomic E-state index is 0.0230. The van der Waals surface area contributed by atoms with Gasteiger partial charge in [0.05, 0.1) is 40.3 Å². The van der Waals surface area contributed by atoms with Gasteiger partial charge in [0, 0.05) is 19.3 Å². The normalized spacial score (nSPS) is 13.7. The number of carboxylic acid groups (broad SMARTS) is 1. The third-order valence-corrected chi connectivity index (χ3v) is 8.14. The third-order valence-electron chi connectivity index (χ3n) is 8.14. The lowest BCUT2D eigenvalue weighted by molar-refractivity contribution is -0.889. The van der Waals surface area contributed by atoms with Gasteiger partial charge in [-0.1, -0.05) is 107 Å². The van der Waals surface area contributed by atoms with E-state index in [2.05, 4.69) is 74.6 Å². The average molecular weight is 702 g/mol. The zero-order valence-corrected chi connectivity index (χ0v) is 32.3. The Balaban J connectivity index is 4.47. The summed E-state index contributed by atoms with van der Waals surface area (Å²) in [4.78, 5) is 36.6. The number of rotatable bonds is 33. The fourth-order valence-electron chi connectivity index (χ4n) is 5.10. The number of aliphatic carboxylic acids is 1. The smallest absolute Gasteiger partial charge is 0.306 e. The van der Waals surface area contributed by atoms with E-state index in [0.717, 1.165) is 89.9 Å². The molecule has 0 aromatic carbocycles. The van der Waals surface area contributed by atoms with Gasteiger partial charge in [0.1, 0.15) is 12.6 Å². The van der Waals surface area contributed by atoms with Crippen molar-refractivity contribution in [3.8, 4) is 0 Å². The molecule has 0 amide bonds. The predicted molar refractivity (Wildman–Crippen MR) is 203 cm³/mol. The highest BCUT2D eigenvalue weighted by Crippen LogP contribution is 2.11. The Hall–Kier alpha value is -2.97. The number of unbranched alkanes of at least 4 members (excludes halogenated alkanes) is 9. The van der Waals surface area contributed by atoms with Crippen LogP contribution in [0.15, 0.2) is 60.8 Å². The molecule has 2 unspecified atom stereocenters. The summed E-state index contributed by atoms with van der Waals surface area (Å²) in [5, 5.41) is 11.6. The summed E-state index contributed by atoms with van der Waals surface area (Å²) in [5.41, 5.74) is 0. The number of nitrogens with zero attached hydrogens (tertiary/aromatic N) is 1. The van der Waals surface area contributed by atoms with Crippen LogP contribution in [0.2, 0.25) is 0 Å². The van der Waals surface area contributed by atoms with E-state index < -0.39 is 18.1 Å². The number of carbonyl (C=O) groups excluding carboxylic acids is 3. The first kappa shape index (κ1) is 47.0. The highest BCUT2D eigenvalue weighted by Gasteiger charge is 2.25. The monoisotopic (exact) mass is 702 g/mol. The van der Waals surface area contributed by atoms with Crippen LogP contribution in [0, 0.1) is 0 Å². The molecule has 0 N–H and O–H groups in total. The van der Waals surface area contributed by atoms with Crippen molar-refractivity contribution in [1.29, 1.82) is 0 Å². The molecule has 0 aliphatic carbocycles. The molecule has 0 saturated carbocycles. The van der Waals surface area contributed by atoms with Crippen LogP contribution in [0.1, 0.15) is 136 Å². The van der Waals surface area contributed by atoms with E-state index in [4.69, 9.17) is 14.2 Å². The Morgan fingerprint density at radius 2 is 1.12 bits per heavy atom. The van der Waals surface area contributed by atoms with Crippen LogP contribution in [0.4, 0.5) is 0 Å². The third kappa shape index (κ3) is 31.0. The van der Waals surface area contributed by atoms with Crippen molar-refractivity contribution in [2.75, 3.05) is 41.0 Å². The lowest BCUT2D eigenvalue weighted by Gasteiger charge is -2.34. The molecule has 286 valence electrons. The predicted octanol–water partition coefficient (Wildman–Crippen LogP) is 8.52. The summed E-state index contributed by atoms with van der Waals surface area (Å²) < 4.78 is 17.0. The van der Waals surface area contributed by atoms with Crippen LogP contribution in [0.25, 0.3) is 0 Å². The van der Waals surface area contributed by atoms with Crippen molar-refractivity contribution >= 4 is 17.9 Å². The summed E-state index contributed by atoms with van der Waals surface area (Å²) in [6.07, 6.45) is 38.2. The Labute approximate surface area is 305 Å². The van der Waals surface area contributed by atoms with Gasteiger partial charge in [0.2, 0.25) is 0 Å². The Morgan fingerprint density at radius 1 is 0.620 bits per heavy atom. The Kier molecular flexibility index (Phi) is 31.2. The molecule has 0 saturated heterocycles. The molecule has 0 heterocycles. The lowest BCUT2D eigenvalue weighted by Crippen LogP contribution is -2.55. The van der Waals surface area contributed by atoms with Crippen LogP contribution in [0.3, 0.4) is 0 Å². The van der Waals surface area contributed by atoms with Crippen molar-refractivity contribution in [3.63, 3.8) is 0 Å². The van der Waals surface area contributed by atoms with Crippen molar-refractivity contribution in [1.82, 2.24) is 0 Å². The van der Waals surface area contributed by atoms with Crippen molar-refractivity contribution in [2.45, 2.75) is 148 Å². The number of quaternary nitrogens is 1. The minimum Gasteiger partial charge on any atom is -0.544 e. The van der Waals surface area contributed by atoms with Gasteiger partial charge in [0.25, 0.3) is 0 Å². The highest BCUT2D eigenvalue weighted by molar-refractivity contribution is 5.70. The van der Waals surface area contributed by atoms with Gasteiger partial charge in [-0.05, 0) is 70.6 Å². The fraction of sp³-hybridized carbons (Fsp3) is 0.690. The van der Waals surface area contributed by atoms with Gasteiger partial charge in [-0.3, -0.25) is 9.59 Å². The first-order valence-electron chi connectivity index (χ1n) is 19.3. The highest BCUT2D eigenvalue weighted by atomic mass is 16.6. The van der Waals surface area contributed by atoms with Gasteiger partial charge >= 0.3 is 11.9 Å². The standard InChI is InChI=1S/C42H71NO7/c1-6-8-10-12-14-16-18-19-20-21-22-23-25-26-28-30-32-40(44)49-37-38(36-48-35-34-39(42(46)47)43(3,4)5)50-41(45)33-31-29-27-24-17-15-13-11-9-7-2/h8,10,13-16,19-20,22-23,38-39H,6-7,9,11-12,17-18,21,24-37H2,1-5H3/b10-8+,15-13+,16-14+,20-19+,23-22+. The molecule has 50 heavy (non-hydrogen) atoms. The van der Waals surface area contributed by atoms with E-state index >= 15 is 0 Å². The van der Waals surface area contributed by atoms with E-state index in [1.807, 2.05) is 0 Å². The van der Waals surface area contributed by atoms with Crippen LogP contribution in [-0.2, 0) is 28.6 Å². The molecule has 0 aliphatic rings. The number of hydrogen-bond donors (Lipinski definition) is 0. The molecular weight excluding hydrogens is 630 g/mol. The van der Waals surface area contributed by atoms with E-state index in [0.29, 0.717) is 12.8 Å². The van der Waals surface area contributed by atoms with Crippen LogP contribution in [0.5, 0.6) is 0 Å². The first-order valence-corrected chi connectivity index (χ1v) is 19.3. The molecule has 8 heteroatoms. The summed E-state index contributed by atoms with van der Waals surface area (Å²) in [6.45, 7) is 4.42. The molecule has 0 fully saturated rings. The molecule has 0 radical (unpaired) electrons. The Morgan fingerprint density at radius 3 is 1.68 bits per heavy atom. The molecule has 0 bridgehead atoms. The van der Waals surface area contributed by atoms with E-state index in [1.165, 1.54) is 12.8 Å². The van der Waals surface area contributed by atoms with Crippen LogP contribution < -0.4 is 5.11 Å². The molecule has 0 aromatic rings. The maximum atomic E-state index is 12.6. The van der Waals surface area contributed by atoms with Gasteiger partial charge in [0.15, 0.2) is 6.10 Å². The molecule has 0 spiro atoms. The van der Waals surface area contributed by atoms with Crippen molar-refractivity contribution < 1.29 is 38.2 Å². The number of carbonyl (C=O) groups is 3. The molecule has 2 atom stereocenters. The van der Waals surface area contributed by atoms with Crippen molar-refractivity contribution in [2.24, 2.45) is 0 Å². The van der Waals surface area contributed by atoms with Crippen LogP contribution in [-0.4, -0.2) is 75.5 Å². The van der Waals surface area contributed by atoms with Gasteiger partial charge in [-0.25, -0.2) is 0 Å². The second-order valence-corrected chi connectivity index (χ2v) is 13.8. The Bertz CT molecular complexity index is 1010. The summed E-state index contributed by atoms with van der Waals surface area (Å²) in [6, 6.07) is -0.733. The van der Waals surface area contributed by atoms with Gasteiger partial charge in [-0.2, -0.15) is 0 Å². The number of carboxylic acids is 1. The van der Waals surface area contributed by atoms with Gasteiger partial charge < -0.3 is 28.6 Å². The average Bonchev–Trinajstić information content (AvgIpc) is 3.06. The molecule has 8 nitrogen and oxygen atoms in total. The quantitative estimate of drug-likeness (QED) is 0.0293. The number of ether oxygens (including phenoxy) is 3. The molecule has 0 aromatic heterocycles. The molecule has 0 aliphatic heterocycles. The SMILES string of the molecule is CC/C=C/C/C=C/C/C=C/C/C=C/CCCCCC(=O)OCC(COCCC(C(=O)[O-])[N+](C)(C)C)OC(=O)CCCCCC/C=C/CCCC. The van der Waals surface area contributed by atoms with Gasteiger partial charge in [-0.15, -0.1) is 0 Å². The number of hydrogen-bond acceptors (Lipinski definition) is 7. The zero-order valence-electron chi connectivity index (χ0n) is 32.3. The zero-order chi connectivity index (χ0) is 37.1. The molecular formula is C42H71NO7. The van der Waals surface area contributed by atoms with Crippen LogP contribution >= 0.6 is 0 Å². The lowest BCUT2D eigenvalue weighted by atomic mass is 10.1. The maximum absolute atomic E-state index is 12.6. The first-order chi connectivity index (χ1) is 24.1. The summed E-state index contributed by atoms with van der Waals surface area (Å²) in [7, 11) is 5.37. The van der Waals surface area contributed by atoms with E-state index in [9.17, 15) is 19.5 Å². The summed E-state index contributed by atoms with van der Waals surface area (Å²) >= 11 is 0. The topological polar surface area (TPSA) is 102 Å². The second-order valence-electron chi connectivity index (χ2n) is 13.8. The largest absolute Gasteiger partial charge is 0.544 e. The second kappa shape index (κ2) is 33.2. The molecule has 0 rings (SSSR count). The number of esters is 2. The minimum atomic E-state index is -1.14. The van der Waals surface area contributed by atoms with E-state index in [-0.39, 0.29) is 42.7 Å². The summed E-state index contributed by atoms with van der Waals surface area (Å²) in [5.74, 6) is -1.80. The fourth-order valence-corrected chi connectivity index (χ4v) is 5.10. The maximum Gasteiger partial charge on any atom is 0.306 e. The van der Waals surface area contributed by atoms with Crippen molar-refractivity contribution in [3.05, 3.63) is 60.8 Å². The number of likely N-dealkylation sites (N-methyl/N-ethyl adjacent to an activating group) is 1.